The van der Waals surface area contributed by atoms with Gasteiger partial charge in [0.25, 0.3) is 5.91 Å². The summed E-state index contributed by atoms with van der Waals surface area (Å²) in [4.78, 5) is 12.3. The van der Waals surface area contributed by atoms with Crippen LogP contribution in [0.15, 0.2) is 22.7 Å². The monoisotopic (exact) mass is 345 g/mol. The van der Waals surface area contributed by atoms with Crippen LogP contribution in [0.1, 0.15) is 36.0 Å². The summed E-state index contributed by atoms with van der Waals surface area (Å²) in [5, 5.41) is 3.05. The van der Waals surface area contributed by atoms with Gasteiger partial charge in [-0.3, -0.25) is 4.79 Å². The van der Waals surface area contributed by atoms with Crippen molar-refractivity contribution in [3.63, 3.8) is 0 Å². The normalized spacial score (nSPS) is 22.9. The number of benzene rings is 1. The first-order valence-electron chi connectivity index (χ1n) is 6.40. The lowest BCUT2D eigenvalue weighted by Crippen LogP contribution is -2.42. The highest BCUT2D eigenvalue weighted by Gasteiger charge is 2.25. The molecule has 2 unspecified atom stereocenters. The molecule has 0 saturated heterocycles. The maximum absolute atomic E-state index is 12.3. The molecule has 1 amide bonds. The number of amides is 1. The standard InChI is InChI=1S/C14H17BrClNO2/c1-19-9-6-7-11(15)10(8-9)14(18)17-13-5-3-2-4-12(13)16/h6-8,12-13H,2-5H2,1H3,(H,17,18). The van der Waals surface area contributed by atoms with Crippen LogP contribution < -0.4 is 10.1 Å². The Morgan fingerprint density at radius 3 is 2.84 bits per heavy atom. The quantitative estimate of drug-likeness (QED) is 0.847. The van der Waals surface area contributed by atoms with Crippen LogP contribution >= 0.6 is 27.5 Å². The summed E-state index contributed by atoms with van der Waals surface area (Å²) in [6.45, 7) is 0. The van der Waals surface area contributed by atoms with E-state index in [2.05, 4.69) is 21.2 Å². The highest BCUT2D eigenvalue weighted by atomic mass is 79.9. The minimum atomic E-state index is -0.108. The second-order valence-corrected chi connectivity index (χ2v) is 6.14. The summed E-state index contributed by atoms with van der Waals surface area (Å²) >= 11 is 9.65. The van der Waals surface area contributed by atoms with Gasteiger partial charge in [0.1, 0.15) is 5.75 Å². The van der Waals surface area contributed by atoms with Gasteiger partial charge in [0.05, 0.1) is 18.1 Å². The van der Waals surface area contributed by atoms with Crippen molar-refractivity contribution < 1.29 is 9.53 Å². The number of alkyl halides is 1. The summed E-state index contributed by atoms with van der Waals surface area (Å²) in [6, 6.07) is 5.41. The van der Waals surface area contributed by atoms with Crippen LogP contribution in [0, 0.1) is 0 Å². The third-order valence-electron chi connectivity index (χ3n) is 3.42. The summed E-state index contributed by atoms with van der Waals surface area (Å²) in [5.41, 5.74) is 0.578. The number of hydrogen-bond donors (Lipinski definition) is 1. The van der Waals surface area contributed by atoms with E-state index < -0.39 is 0 Å². The molecule has 1 aliphatic rings. The number of carbonyl (C=O) groups excluding carboxylic acids is 1. The molecule has 0 bridgehead atoms. The molecular formula is C14H17BrClNO2. The number of nitrogens with one attached hydrogen (secondary N) is 1. The molecule has 0 aliphatic heterocycles. The van der Waals surface area contributed by atoms with Gasteiger partial charge in [0.15, 0.2) is 0 Å². The Morgan fingerprint density at radius 1 is 1.42 bits per heavy atom. The molecule has 1 aromatic rings. The fourth-order valence-corrected chi connectivity index (χ4v) is 3.07. The fraction of sp³-hybridized carbons (Fsp3) is 0.500. The summed E-state index contributed by atoms with van der Waals surface area (Å²) in [7, 11) is 1.58. The Kier molecular flexibility index (Phi) is 5.11. The number of rotatable bonds is 3. The van der Waals surface area contributed by atoms with Gasteiger partial charge >= 0.3 is 0 Å². The van der Waals surface area contributed by atoms with Crippen molar-refractivity contribution in [2.75, 3.05) is 7.11 Å². The van der Waals surface area contributed by atoms with Gasteiger partial charge in [-0.05, 0) is 47.0 Å². The molecule has 0 heterocycles. The maximum Gasteiger partial charge on any atom is 0.252 e. The first-order valence-corrected chi connectivity index (χ1v) is 7.63. The van der Waals surface area contributed by atoms with Crippen molar-refractivity contribution in [2.24, 2.45) is 0 Å². The van der Waals surface area contributed by atoms with E-state index in [1.165, 1.54) is 0 Å². The molecule has 1 N–H and O–H groups in total. The van der Waals surface area contributed by atoms with Crippen LogP contribution in [-0.4, -0.2) is 24.4 Å². The predicted molar refractivity (Wildman–Crippen MR) is 80.1 cm³/mol. The van der Waals surface area contributed by atoms with Crippen molar-refractivity contribution in [2.45, 2.75) is 37.1 Å². The third-order valence-corrected chi connectivity index (χ3v) is 4.63. The molecule has 0 spiro atoms. The lowest BCUT2D eigenvalue weighted by atomic mass is 9.94. The van der Waals surface area contributed by atoms with E-state index >= 15 is 0 Å². The van der Waals surface area contributed by atoms with Crippen molar-refractivity contribution in [3.05, 3.63) is 28.2 Å². The van der Waals surface area contributed by atoms with E-state index in [1.54, 1.807) is 13.2 Å². The Labute approximate surface area is 126 Å². The minimum Gasteiger partial charge on any atom is -0.497 e. The van der Waals surface area contributed by atoms with Crippen LogP contribution in [0.5, 0.6) is 5.75 Å². The SMILES string of the molecule is COc1ccc(Br)c(C(=O)NC2CCCCC2Cl)c1. The Balaban J connectivity index is 2.10. The third kappa shape index (κ3) is 3.63. The average molecular weight is 347 g/mol. The van der Waals surface area contributed by atoms with Crippen LogP contribution in [0.3, 0.4) is 0 Å². The van der Waals surface area contributed by atoms with E-state index in [0.717, 1.165) is 30.2 Å². The highest BCUT2D eigenvalue weighted by molar-refractivity contribution is 9.10. The molecule has 1 fully saturated rings. The molecule has 104 valence electrons. The Bertz CT molecular complexity index is 467. The van der Waals surface area contributed by atoms with Gasteiger partial charge in [-0.1, -0.05) is 12.8 Å². The second kappa shape index (κ2) is 6.62. The van der Waals surface area contributed by atoms with Crippen molar-refractivity contribution in [3.8, 4) is 5.75 Å². The van der Waals surface area contributed by atoms with E-state index in [-0.39, 0.29) is 17.3 Å². The van der Waals surface area contributed by atoms with Crippen LogP contribution in [0.4, 0.5) is 0 Å². The minimum absolute atomic E-state index is 0.0297. The zero-order valence-corrected chi connectivity index (χ0v) is 13.1. The van der Waals surface area contributed by atoms with Crippen molar-refractivity contribution in [1.29, 1.82) is 0 Å². The van der Waals surface area contributed by atoms with Crippen molar-refractivity contribution >= 4 is 33.4 Å². The molecule has 3 nitrogen and oxygen atoms in total. The summed E-state index contributed by atoms with van der Waals surface area (Å²) in [5.74, 6) is 0.558. The first-order chi connectivity index (χ1) is 9.11. The van der Waals surface area contributed by atoms with Crippen LogP contribution in [-0.2, 0) is 0 Å². The summed E-state index contributed by atoms with van der Waals surface area (Å²) in [6.07, 6.45) is 4.17. The van der Waals surface area contributed by atoms with Crippen LogP contribution in [0.2, 0.25) is 0 Å². The molecule has 1 aliphatic carbocycles. The van der Waals surface area contributed by atoms with Gasteiger partial charge in [0.2, 0.25) is 0 Å². The molecule has 19 heavy (non-hydrogen) atoms. The predicted octanol–water partition coefficient (Wildman–Crippen LogP) is 3.74. The highest BCUT2D eigenvalue weighted by Crippen LogP contribution is 2.25. The number of ether oxygens (including phenoxy) is 1. The molecular weight excluding hydrogens is 330 g/mol. The average Bonchev–Trinajstić information content (AvgIpc) is 2.42. The van der Waals surface area contributed by atoms with Gasteiger partial charge in [0, 0.05) is 10.5 Å². The van der Waals surface area contributed by atoms with Crippen LogP contribution in [0.25, 0.3) is 0 Å². The largest absolute Gasteiger partial charge is 0.497 e. The zero-order chi connectivity index (χ0) is 13.8. The van der Waals surface area contributed by atoms with E-state index in [4.69, 9.17) is 16.3 Å². The Morgan fingerprint density at radius 2 is 2.16 bits per heavy atom. The molecule has 1 aromatic carbocycles. The second-order valence-electron chi connectivity index (χ2n) is 4.73. The van der Waals surface area contributed by atoms with Gasteiger partial charge in [-0.15, -0.1) is 11.6 Å². The fourth-order valence-electron chi connectivity index (χ4n) is 2.30. The van der Waals surface area contributed by atoms with Gasteiger partial charge in [-0.25, -0.2) is 0 Å². The lowest BCUT2D eigenvalue weighted by molar-refractivity contribution is 0.0927. The molecule has 2 atom stereocenters. The topological polar surface area (TPSA) is 38.3 Å². The molecule has 2 rings (SSSR count). The van der Waals surface area contributed by atoms with E-state index in [9.17, 15) is 4.79 Å². The molecule has 0 aromatic heterocycles. The first kappa shape index (κ1) is 14.7. The van der Waals surface area contributed by atoms with Gasteiger partial charge < -0.3 is 10.1 Å². The summed E-state index contributed by atoms with van der Waals surface area (Å²) < 4.78 is 5.90. The van der Waals surface area contributed by atoms with E-state index in [0.29, 0.717) is 11.3 Å². The number of carbonyl (C=O) groups is 1. The number of methoxy groups -OCH3 is 1. The van der Waals surface area contributed by atoms with Gasteiger partial charge in [-0.2, -0.15) is 0 Å². The van der Waals surface area contributed by atoms with E-state index in [1.807, 2.05) is 12.1 Å². The number of halogens is 2. The lowest BCUT2D eigenvalue weighted by Gasteiger charge is -2.28. The smallest absolute Gasteiger partial charge is 0.252 e. The van der Waals surface area contributed by atoms with Crippen molar-refractivity contribution in [1.82, 2.24) is 5.32 Å². The maximum atomic E-state index is 12.3. The molecule has 0 radical (unpaired) electrons. The molecule has 1 saturated carbocycles. The number of hydrogen-bond acceptors (Lipinski definition) is 2. The Hall–Kier alpha value is -0.740. The molecule has 5 heteroatoms. The zero-order valence-electron chi connectivity index (χ0n) is 10.8.